The van der Waals surface area contributed by atoms with Gasteiger partial charge in [-0.2, -0.15) is 0 Å². The van der Waals surface area contributed by atoms with Crippen molar-refractivity contribution in [2.24, 2.45) is 0 Å². The minimum absolute atomic E-state index is 0.0942. The van der Waals surface area contributed by atoms with Crippen molar-refractivity contribution >= 4 is 12.2 Å². The van der Waals surface area contributed by atoms with Crippen molar-refractivity contribution in [2.75, 3.05) is 7.11 Å². The minimum Gasteiger partial charge on any atom is -0.493 e. The maximum absolute atomic E-state index is 12.1. The predicted octanol–water partition coefficient (Wildman–Crippen LogP) is 2.58. The highest BCUT2D eigenvalue weighted by atomic mass is 16.5. The van der Waals surface area contributed by atoms with E-state index in [0.717, 1.165) is 12.8 Å². The van der Waals surface area contributed by atoms with Crippen LogP contribution in [-0.2, 0) is 4.79 Å². The summed E-state index contributed by atoms with van der Waals surface area (Å²) < 4.78 is 10.8. The molecule has 5 nitrogen and oxygen atoms in total. The summed E-state index contributed by atoms with van der Waals surface area (Å²) in [5.41, 5.74) is 0.357. The highest BCUT2D eigenvalue weighted by Crippen LogP contribution is 2.30. The second-order valence-corrected chi connectivity index (χ2v) is 4.95. The average Bonchev–Trinajstić information content (AvgIpc) is 2.47. The van der Waals surface area contributed by atoms with E-state index in [9.17, 15) is 9.59 Å². The fraction of sp³-hybridized carbons (Fsp3) is 0.500. The van der Waals surface area contributed by atoms with Gasteiger partial charge in [0.1, 0.15) is 0 Å². The molecule has 0 spiro atoms. The molecule has 0 aliphatic rings. The number of ether oxygens (including phenoxy) is 2. The first-order chi connectivity index (χ1) is 10.0. The molecule has 0 bridgehead atoms. The van der Waals surface area contributed by atoms with E-state index < -0.39 is 6.10 Å². The summed E-state index contributed by atoms with van der Waals surface area (Å²) in [7, 11) is 1.49. The molecule has 0 fully saturated rings. The number of aldehydes is 1. The number of methoxy groups -OCH3 is 1. The standard InChI is InChI=1S/C16H23NO4/c1-5-7-11(2)17-16(19)12(3)21-15-13(10-18)8-6-9-14(15)20-4/h6,8-12H,5,7H2,1-4H3,(H,17,19). The molecule has 116 valence electrons. The topological polar surface area (TPSA) is 64.6 Å². The van der Waals surface area contributed by atoms with Crippen LogP contribution in [0.4, 0.5) is 0 Å². The van der Waals surface area contributed by atoms with E-state index in [1.54, 1.807) is 25.1 Å². The SMILES string of the molecule is CCCC(C)NC(=O)C(C)Oc1c(C=O)cccc1OC. The van der Waals surface area contributed by atoms with Crippen LogP contribution in [0, 0.1) is 0 Å². The second kappa shape index (κ2) is 8.29. The van der Waals surface area contributed by atoms with Crippen molar-refractivity contribution in [3.05, 3.63) is 23.8 Å². The Hall–Kier alpha value is -2.04. The monoisotopic (exact) mass is 293 g/mol. The minimum atomic E-state index is -0.709. The van der Waals surface area contributed by atoms with Crippen molar-refractivity contribution in [3.8, 4) is 11.5 Å². The van der Waals surface area contributed by atoms with Gasteiger partial charge >= 0.3 is 0 Å². The summed E-state index contributed by atoms with van der Waals surface area (Å²) in [6.45, 7) is 5.66. The van der Waals surface area contributed by atoms with Crippen LogP contribution in [0.3, 0.4) is 0 Å². The van der Waals surface area contributed by atoms with Gasteiger partial charge in [-0.05, 0) is 32.4 Å². The van der Waals surface area contributed by atoms with E-state index in [0.29, 0.717) is 23.3 Å². The fourth-order valence-corrected chi connectivity index (χ4v) is 2.01. The molecule has 21 heavy (non-hydrogen) atoms. The van der Waals surface area contributed by atoms with Gasteiger partial charge in [-0.25, -0.2) is 0 Å². The Bertz CT molecular complexity index is 487. The van der Waals surface area contributed by atoms with Crippen LogP contribution < -0.4 is 14.8 Å². The van der Waals surface area contributed by atoms with Crippen molar-refractivity contribution < 1.29 is 19.1 Å². The molecule has 1 aromatic carbocycles. The van der Waals surface area contributed by atoms with E-state index in [2.05, 4.69) is 12.2 Å². The molecule has 0 aliphatic heterocycles. The Labute approximate surface area is 125 Å². The molecular formula is C16H23NO4. The Morgan fingerprint density at radius 2 is 2.10 bits per heavy atom. The summed E-state index contributed by atoms with van der Waals surface area (Å²) in [6.07, 6.45) is 1.88. The van der Waals surface area contributed by atoms with E-state index in [-0.39, 0.29) is 11.9 Å². The number of benzene rings is 1. The first kappa shape index (κ1) is 17.0. The van der Waals surface area contributed by atoms with Gasteiger partial charge in [0.05, 0.1) is 12.7 Å². The Morgan fingerprint density at radius 1 is 1.38 bits per heavy atom. The number of hydrogen-bond donors (Lipinski definition) is 1. The van der Waals surface area contributed by atoms with Gasteiger partial charge in [-0.1, -0.05) is 19.4 Å². The van der Waals surface area contributed by atoms with Gasteiger partial charge in [0, 0.05) is 6.04 Å². The second-order valence-electron chi connectivity index (χ2n) is 4.95. The zero-order valence-corrected chi connectivity index (χ0v) is 13.0. The largest absolute Gasteiger partial charge is 0.493 e. The summed E-state index contributed by atoms with van der Waals surface area (Å²) >= 11 is 0. The van der Waals surface area contributed by atoms with Crippen molar-refractivity contribution in [2.45, 2.75) is 45.8 Å². The number of para-hydroxylation sites is 1. The molecule has 0 heterocycles. The van der Waals surface area contributed by atoms with Crippen LogP contribution >= 0.6 is 0 Å². The van der Waals surface area contributed by atoms with E-state index in [4.69, 9.17) is 9.47 Å². The van der Waals surface area contributed by atoms with Crippen LogP contribution in [-0.4, -0.2) is 31.4 Å². The highest BCUT2D eigenvalue weighted by Gasteiger charge is 2.20. The Morgan fingerprint density at radius 3 is 2.67 bits per heavy atom. The average molecular weight is 293 g/mol. The first-order valence-corrected chi connectivity index (χ1v) is 7.12. The van der Waals surface area contributed by atoms with Gasteiger partial charge in [-0.3, -0.25) is 9.59 Å². The number of hydrogen-bond acceptors (Lipinski definition) is 4. The van der Waals surface area contributed by atoms with Gasteiger partial charge in [0.15, 0.2) is 23.9 Å². The van der Waals surface area contributed by atoms with Crippen LogP contribution in [0.25, 0.3) is 0 Å². The molecule has 1 amide bonds. The number of rotatable bonds is 8. The number of amides is 1. The highest BCUT2D eigenvalue weighted by molar-refractivity contribution is 5.83. The number of nitrogens with one attached hydrogen (secondary N) is 1. The zero-order chi connectivity index (χ0) is 15.8. The molecule has 2 unspecified atom stereocenters. The molecule has 2 atom stereocenters. The lowest BCUT2D eigenvalue weighted by Crippen LogP contribution is -2.41. The quantitative estimate of drug-likeness (QED) is 0.748. The Balaban J connectivity index is 2.80. The first-order valence-electron chi connectivity index (χ1n) is 7.12. The van der Waals surface area contributed by atoms with E-state index in [1.807, 2.05) is 6.92 Å². The third kappa shape index (κ3) is 4.77. The van der Waals surface area contributed by atoms with Crippen molar-refractivity contribution in [1.29, 1.82) is 0 Å². The molecule has 5 heteroatoms. The molecule has 0 saturated heterocycles. The molecule has 1 rings (SSSR count). The normalized spacial score (nSPS) is 13.1. The molecular weight excluding hydrogens is 270 g/mol. The van der Waals surface area contributed by atoms with E-state index >= 15 is 0 Å². The van der Waals surface area contributed by atoms with Gasteiger partial charge in [-0.15, -0.1) is 0 Å². The van der Waals surface area contributed by atoms with E-state index in [1.165, 1.54) is 7.11 Å². The summed E-state index contributed by atoms with van der Waals surface area (Å²) in [6, 6.07) is 5.10. The smallest absolute Gasteiger partial charge is 0.260 e. The van der Waals surface area contributed by atoms with Crippen LogP contribution in [0.2, 0.25) is 0 Å². The predicted molar refractivity (Wildman–Crippen MR) is 81.0 cm³/mol. The molecule has 0 aliphatic carbocycles. The Kier molecular flexibility index (Phi) is 6.72. The summed E-state index contributed by atoms with van der Waals surface area (Å²) in [5.74, 6) is 0.514. The lowest BCUT2D eigenvalue weighted by Gasteiger charge is -2.20. The number of carbonyl (C=O) groups is 2. The third-order valence-electron chi connectivity index (χ3n) is 3.13. The summed E-state index contributed by atoms with van der Waals surface area (Å²) in [5, 5.41) is 2.88. The third-order valence-corrected chi connectivity index (χ3v) is 3.13. The fourth-order valence-electron chi connectivity index (χ4n) is 2.01. The van der Waals surface area contributed by atoms with Gasteiger partial charge < -0.3 is 14.8 Å². The lowest BCUT2D eigenvalue weighted by atomic mass is 10.2. The molecule has 1 aromatic rings. The zero-order valence-electron chi connectivity index (χ0n) is 13.0. The molecule has 0 saturated carbocycles. The maximum atomic E-state index is 12.1. The van der Waals surface area contributed by atoms with Crippen LogP contribution in [0.15, 0.2) is 18.2 Å². The van der Waals surface area contributed by atoms with Gasteiger partial charge in [0.2, 0.25) is 0 Å². The molecule has 0 aromatic heterocycles. The van der Waals surface area contributed by atoms with Gasteiger partial charge in [0.25, 0.3) is 5.91 Å². The van der Waals surface area contributed by atoms with Crippen molar-refractivity contribution in [3.63, 3.8) is 0 Å². The van der Waals surface area contributed by atoms with Crippen LogP contribution in [0.5, 0.6) is 11.5 Å². The van der Waals surface area contributed by atoms with Crippen molar-refractivity contribution in [1.82, 2.24) is 5.32 Å². The lowest BCUT2D eigenvalue weighted by molar-refractivity contribution is -0.127. The summed E-state index contributed by atoms with van der Waals surface area (Å²) in [4.78, 5) is 23.1. The number of carbonyl (C=O) groups excluding carboxylic acids is 2. The maximum Gasteiger partial charge on any atom is 0.260 e. The molecule has 1 N–H and O–H groups in total. The van der Waals surface area contributed by atoms with Crippen LogP contribution in [0.1, 0.15) is 44.0 Å². The molecule has 0 radical (unpaired) electrons.